The van der Waals surface area contributed by atoms with Crippen molar-refractivity contribution in [2.75, 3.05) is 19.6 Å². The lowest BCUT2D eigenvalue weighted by molar-refractivity contribution is 0.103. The minimum Gasteiger partial charge on any atom is -0.328 e. The Hall–Kier alpha value is -1.97. The van der Waals surface area contributed by atoms with Crippen molar-refractivity contribution in [2.45, 2.75) is 31.7 Å². The highest BCUT2D eigenvalue weighted by molar-refractivity contribution is 6.08. The van der Waals surface area contributed by atoms with Crippen molar-refractivity contribution in [1.29, 1.82) is 0 Å². The van der Waals surface area contributed by atoms with E-state index < -0.39 is 0 Å². The maximum absolute atomic E-state index is 12.5. The first-order valence-corrected chi connectivity index (χ1v) is 8.81. The zero-order valence-corrected chi connectivity index (χ0v) is 14.3. The van der Waals surface area contributed by atoms with Crippen molar-refractivity contribution in [3.8, 4) is 0 Å². The second-order valence-electron chi connectivity index (χ2n) is 6.86. The molecule has 3 rings (SSSR count). The Kier molecular flexibility index (Phi) is 5.44. The summed E-state index contributed by atoms with van der Waals surface area (Å²) in [6, 6.07) is 17.9. The normalized spacial score (nSPS) is 17.6. The van der Waals surface area contributed by atoms with Gasteiger partial charge in [-0.25, -0.2) is 0 Å². The molecule has 1 saturated heterocycles. The average Bonchev–Trinajstić information content (AvgIpc) is 2.64. The summed E-state index contributed by atoms with van der Waals surface area (Å²) in [6.07, 6.45) is 2.19. The molecule has 1 fully saturated rings. The fourth-order valence-corrected chi connectivity index (χ4v) is 3.35. The molecule has 2 N–H and O–H groups in total. The molecule has 3 nitrogen and oxygen atoms in total. The van der Waals surface area contributed by atoms with Crippen molar-refractivity contribution in [1.82, 2.24) is 4.90 Å². The van der Waals surface area contributed by atoms with Gasteiger partial charge in [-0.15, -0.1) is 0 Å². The van der Waals surface area contributed by atoms with Crippen LogP contribution in [-0.2, 0) is 0 Å². The highest BCUT2D eigenvalue weighted by atomic mass is 16.1. The molecule has 0 amide bonds. The molecule has 2 aromatic carbocycles. The van der Waals surface area contributed by atoms with Crippen LogP contribution >= 0.6 is 0 Å². The van der Waals surface area contributed by atoms with Gasteiger partial charge in [-0.3, -0.25) is 4.79 Å². The van der Waals surface area contributed by atoms with Gasteiger partial charge in [0, 0.05) is 23.7 Å². The van der Waals surface area contributed by atoms with Gasteiger partial charge in [-0.1, -0.05) is 61.5 Å². The van der Waals surface area contributed by atoms with Crippen molar-refractivity contribution in [2.24, 2.45) is 5.73 Å². The van der Waals surface area contributed by atoms with E-state index in [4.69, 9.17) is 5.73 Å². The number of hydrogen-bond acceptors (Lipinski definition) is 3. The highest BCUT2D eigenvalue weighted by Gasteiger charge is 2.18. The van der Waals surface area contributed by atoms with Gasteiger partial charge in [0.2, 0.25) is 0 Å². The number of rotatable bonds is 5. The molecule has 1 aliphatic rings. The van der Waals surface area contributed by atoms with Crippen molar-refractivity contribution < 1.29 is 4.79 Å². The van der Waals surface area contributed by atoms with E-state index in [1.54, 1.807) is 0 Å². The Bertz CT molecular complexity index is 658. The Morgan fingerprint density at radius 1 is 1.04 bits per heavy atom. The van der Waals surface area contributed by atoms with Crippen LogP contribution in [0.25, 0.3) is 0 Å². The van der Waals surface area contributed by atoms with E-state index in [9.17, 15) is 4.79 Å². The van der Waals surface area contributed by atoms with Gasteiger partial charge in [0.1, 0.15) is 0 Å². The van der Waals surface area contributed by atoms with E-state index in [-0.39, 0.29) is 5.78 Å². The molecule has 1 unspecified atom stereocenters. The first kappa shape index (κ1) is 16.9. The number of carbonyl (C=O) groups is 1. The van der Waals surface area contributed by atoms with Crippen molar-refractivity contribution in [3.63, 3.8) is 0 Å². The van der Waals surface area contributed by atoms with Gasteiger partial charge in [0.05, 0.1) is 0 Å². The lowest BCUT2D eigenvalue weighted by atomic mass is 9.95. The number of ketones is 1. The van der Waals surface area contributed by atoms with Crippen LogP contribution in [-0.4, -0.2) is 36.4 Å². The number of piperidine rings is 1. The van der Waals surface area contributed by atoms with Crippen LogP contribution in [0.4, 0.5) is 0 Å². The van der Waals surface area contributed by atoms with Crippen molar-refractivity contribution >= 4 is 5.78 Å². The topological polar surface area (TPSA) is 46.3 Å². The molecule has 2 aromatic rings. The third-order valence-electron chi connectivity index (χ3n) is 4.94. The lowest BCUT2D eigenvalue weighted by Crippen LogP contribution is -2.41. The summed E-state index contributed by atoms with van der Waals surface area (Å²) in [4.78, 5) is 15.0. The van der Waals surface area contributed by atoms with Gasteiger partial charge >= 0.3 is 0 Å². The van der Waals surface area contributed by atoms with Gasteiger partial charge in [0.25, 0.3) is 0 Å². The van der Waals surface area contributed by atoms with E-state index in [1.807, 2.05) is 42.5 Å². The lowest BCUT2D eigenvalue weighted by Gasteiger charge is -2.32. The molecule has 1 aliphatic heterocycles. The summed E-state index contributed by atoms with van der Waals surface area (Å²) in [5, 5.41) is 0. The van der Waals surface area contributed by atoms with Crippen LogP contribution < -0.4 is 5.73 Å². The van der Waals surface area contributed by atoms with Crippen LogP contribution in [0.15, 0.2) is 54.6 Å². The van der Waals surface area contributed by atoms with Gasteiger partial charge < -0.3 is 10.6 Å². The van der Waals surface area contributed by atoms with Crippen LogP contribution in [0.3, 0.4) is 0 Å². The zero-order valence-electron chi connectivity index (χ0n) is 14.3. The smallest absolute Gasteiger partial charge is 0.193 e. The second kappa shape index (κ2) is 7.73. The van der Waals surface area contributed by atoms with Crippen LogP contribution in [0.1, 0.15) is 47.2 Å². The molecule has 0 aromatic heterocycles. The number of nitrogens with zero attached hydrogens (tertiary/aromatic N) is 1. The van der Waals surface area contributed by atoms with E-state index in [0.717, 1.165) is 43.6 Å². The maximum atomic E-state index is 12.5. The zero-order chi connectivity index (χ0) is 16.9. The molecule has 0 aliphatic carbocycles. The van der Waals surface area contributed by atoms with Gasteiger partial charge in [0.15, 0.2) is 5.78 Å². The molecule has 3 heteroatoms. The molecular weight excluding hydrogens is 296 g/mol. The summed E-state index contributed by atoms with van der Waals surface area (Å²) in [5.74, 6) is 0.542. The molecule has 24 heavy (non-hydrogen) atoms. The van der Waals surface area contributed by atoms with Crippen LogP contribution in [0.5, 0.6) is 0 Å². The molecular formula is C21H26N2O. The Balaban J connectivity index is 1.62. The third-order valence-corrected chi connectivity index (χ3v) is 4.94. The predicted molar refractivity (Wildman–Crippen MR) is 98.4 cm³/mol. The minimum atomic E-state index is 0.0832. The summed E-state index contributed by atoms with van der Waals surface area (Å²) < 4.78 is 0. The molecule has 126 valence electrons. The van der Waals surface area contributed by atoms with E-state index >= 15 is 0 Å². The van der Waals surface area contributed by atoms with Crippen LogP contribution in [0, 0.1) is 0 Å². The van der Waals surface area contributed by atoms with E-state index in [0.29, 0.717) is 12.0 Å². The van der Waals surface area contributed by atoms with Crippen LogP contribution in [0.2, 0.25) is 0 Å². The Morgan fingerprint density at radius 3 is 2.25 bits per heavy atom. The van der Waals surface area contributed by atoms with Crippen molar-refractivity contribution in [3.05, 3.63) is 71.3 Å². The Labute approximate surface area is 144 Å². The highest BCUT2D eigenvalue weighted by Crippen LogP contribution is 2.20. The third kappa shape index (κ3) is 4.11. The summed E-state index contributed by atoms with van der Waals surface area (Å²) in [5.41, 5.74) is 8.75. The Morgan fingerprint density at radius 2 is 1.62 bits per heavy atom. The molecule has 0 saturated carbocycles. The monoisotopic (exact) mass is 322 g/mol. The number of benzene rings is 2. The van der Waals surface area contributed by atoms with Gasteiger partial charge in [-0.05, 0) is 37.4 Å². The fraction of sp³-hybridized carbons (Fsp3) is 0.381. The molecule has 0 bridgehead atoms. The number of hydrogen-bond donors (Lipinski definition) is 1. The van der Waals surface area contributed by atoms with Gasteiger partial charge in [-0.2, -0.15) is 0 Å². The number of carbonyl (C=O) groups excluding carboxylic acids is 1. The predicted octanol–water partition coefficient (Wildman–Crippen LogP) is 3.44. The molecule has 0 spiro atoms. The first-order chi connectivity index (χ1) is 11.6. The molecule has 1 atom stereocenters. The SMILES string of the molecule is CC(CN1CCC(N)CC1)c1ccc(C(=O)c2ccccc2)cc1. The average molecular weight is 322 g/mol. The second-order valence-corrected chi connectivity index (χ2v) is 6.86. The van der Waals surface area contributed by atoms with E-state index in [1.165, 1.54) is 5.56 Å². The molecule has 0 radical (unpaired) electrons. The standard InChI is InChI=1S/C21H26N2O/c1-16(15-23-13-11-20(22)12-14-23)17-7-9-19(10-8-17)21(24)18-5-3-2-4-6-18/h2-10,16,20H,11-15,22H2,1H3. The fourth-order valence-electron chi connectivity index (χ4n) is 3.35. The summed E-state index contributed by atoms with van der Waals surface area (Å²) in [6.45, 7) is 5.49. The summed E-state index contributed by atoms with van der Waals surface area (Å²) >= 11 is 0. The maximum Gasteiger partial charge on any atom is 0.193 e. The number of likely N-dealkylation sites (tertiary alicyclic amines) is 1. The largest absolute Gasteiger partial charge is 0.328 e. The number of nitrogens with two attached hydrogens (primary N) is 1. The van der Waals surface area contributed by atoms with E-state index in [2.05, 4.69) is 24.0 Å². The quantitative estimate of drug-likeness (QED) is 0.858. The first-order valence-electron chi connectivity index (χ1n) is 8.81. The minimum absolute atomic E-state index is 0.0832. The molecule has 1 heterocycles. The summed E-state index contributed by atoms with van der Waals surface area (Å²) in [7, 11) is 0.